The normalized spacial score (nSPS) is 10.1. The Morgan fingerprint density at radius 2 is 1.73 bits per heavy atom. The fraction of sp³-hybridized carbons (Fsp3) is 0. The molecule has 0 aromatic heterocycles. The number of nitriles is 1. The van der Waals surface area contributed by atoms with E-state index in [1.165, 1.54) is 0 Å². The Morgan fingerprint density at radius 1 is 1.00 bits per heavy atom. The Bertz CT molecular complexity index is 910. The fourth-order valence-electron chi connectivity index (χ4n) is 2.28. The van der Waals surface area contributed by atoms with Crippen LogP contribution in [-0.2, 0) is 0 Å². The van der Waals surface area contributed by atoms with Crippen LogP contribution in [0.3, 0.4) is 0 Å². The lowest BCUT2D eigenvalue weighted by atomic mass is 10.1. The van der Waals surface area contributed by atoms with Crippen LogP contribution in [0.25, 0.3) is 10.8 Å². The van der Waals surface area contributed by atoms with Gasteiger partial charge >= 0.3 is 0 Å². The first-order chi connectivity index (χ1) is 10.7. The lowest BCUT2D eigenvalue weighted by molar-refractivity contribution is 0.102. The smallest absolute Gasteiger partial charge is 0.259 e. The first kappa shape index (κ1) is 13.7. The Labute approximate surface area is 127 Å². The molecule has 0 unspecified atom stereocenters. The SMILES string of the molecule is N#Cc1cccc(NC(=O)c2cc3ccccc3cc2O)c1. The maximum absolute atomic E-state index is 12.3. The molecular formula is C18H12N2O2. The zero-order valence-corrected chi connectivity index (χ0v) is 11.6. The zero-order chi connectivity index (χ0) is 15.5. The van der Waals surface area contributed by atoms with Crippen LogP contribution in [0.4, 0.5) is 5.69 Å². The third kappa shape index (κ3) is 2.60. The van der Waals surface area contributed by atoms with E-state index in [0.717, 1.165) is 10.8 Å². The highest BCUT2D eigenvalue weighted by Gasteiger charge is 2.12. The van der Waals surface area contributed by atoms with Crippen LogP contribution >= 0.6 is 0 Å². The first-order valence-corrected chi connectivity index (χ1v) is 6.70. The van der Waals surface area contributed by atoms with Crippen molar-refractivity contribution in [3.05, 3.63) is 71.8 Å². The number of carbonyl (C=O) groups excluding carboxylic acids is 1. The van der Waals surface area contributed by atoms with E-state index in [1.54, 1.807) is 36.4 Å². The van der Waals surface area contributed by atoms with E-state index in [1.807, 2.05) is 30.3 Å². The van der Waals surface area contributed by atoms with Gasteiger partial charge in [-0.2, -0.15) is 5.26 Å². The summed E-state index contributed by atoms with van der Waals surface area (Å²) >= 11 is 0. The predicted molar refractivity (Wildman–Crippen MR) is 84.7 cm³/mol. The second-order valence-corrected chi connectivity index (χ2v) is 4.86. The summed E-state index contributed by atoms with van der Waals surface area (Å²) < 4.78 is 0. The number of rotatable bonds is 2. The lowest BCUT2D eigenvalue weighted by Crippen LogP contribution is -2.12. The summed E-state index contributed by atoms with van der Waals surface area (Å²) in [6, 6.07) is 19.3. The van der Waals surface area contributed by atoms with Crippen LogP contribution < -0.4 is 5.32 Å². The summed E-state index contributed by atoms with van der Waals surface area (Å²) in [6.45, 7) is 0. The van der Waals surface area contributed by atoms with Crippen LogP contribution in [0.1, 0.15) is 15.9 Å². The van der Waals surface area contributed by atoms with Gasteiger partial charge in [0.05, 0.1) is 17.2 Å². The highest BCUT2D eigenvalue weighted by molar-refractivity contribution is 6.08. The Kier molecular flexibility index (Phi) is 3.47. The van der Waals surface area contributed by atoms with Crippen molar-refractivity contribution in [2.45, 2.75) is 0 Å². The molecule has 4 heteroatoms. The molecule has 0 atom stereocenters. The van der Waals surface area contributed by atoms with Crippen molar-refractivity contribution >= 4 is 22.4 Å². The van der Waals surface area contributed by atoms with Gasteiger partial charge in [0.25, 0.3) is 5.91 Å². The number of fused-ring (bicyclic) bond motifs is 1. The molecule has 0 radical (unpaired) electrons. The summed E-state index contributed by atoms with van der Waals surface area (Å²) in [5.74, 6) is -0.494. The number of amides is 1. The molecule has 0 saturated heterocycles. The number of nitrogens with one attached hydrogen (secondary N) is 1. The number of benzene rings is 3. The average molecular weight is 288 g/mol. The fourth-order valence-corrected chi connectivity index (χ4v) is 2.28. The second-order valence-electron chi connectivity index (χ2n) is 4.86. The summed E-state index contributed by atoms with van der Waals surface area (Å²) in [7, 11) is 0. The molecule has 3 aromatic rings. The number of phenolic OH excluding ortho intramolecular Hbond substituents is 1. The maximum atomic E-state index is 12.3. The van der Waals surface area contributed by atoms with Gasteiger partial charge < -0.3 is 10.4 Å². The van der Waals surface area contributed by atoms with Gasteiger partial charge in [-0.1, -0.05) is 30.3 Å². The highest BCUT2D eigenvalue weighted by atomic mass is 16.3. The van der Waals surface area contributed by atoms with Crippen molar-refractivity contribution in [1.82, 2.24) is 0 Å². The van der Waals surface area contributed by atoms with E-state index >= 15 is 0 Å². The molecule has 0 spiro atoms. The molecule has 3 rings (SSSR count). The van der Waals surface area contributed by atoms with Crippen molar-refractivity contribution in [1.29, 1.82) is 5.26 Å². The third-order valence-corrected chi connectivity index (χ3v) is 3.36. The number of aromatic hydroxyl groups is 1. The van der Waals surface area contributed by atoms with Crippen molar-refractivity contribution in [3.63, 3.8) is 0 Å². The van der Waals surface area contributed by atoms with E-state index in [2.05, 4.69) is 5.32 Å². The molecule has 1 amide bonds. The van der Waals surface area contributed by atoms with E-state index in [-0.39, 0.29) is 11.3 Å². The summed E-state index contributed by atoms with van der Waals surface area (Å²) in [5.41, 5.74) is 1.17. The maximum Gasteiger partial charge on any atom is 0.259 e. The van der Waals surface area contributed by atoms with Crippen LogP contribution in [-0.4, -0.2) is 11.0 Å². The van der Waals surface area contributed by atoms with Gasteiger partial charge in [-0.15, -0.1) is 0 Å². The number of anilines is 1. The third-order valence-electron chi connectivity index (χ3n) is 3.36. The zero-order valence-electron chi connectivity index (χ0n) is 11.6. The van der Waals surface area contributed by atoms with Crippen molar-refractivity contribution in [2.24, 2.45) is 0 Å². The minimum Gasteiger partial charge on any atom is -0.507 e. The van der Waals surface area contributed by atoms with Crippen LogP contribution in [0.15, 0.2) is 60.7 Å². The van der Waals surface area contributed by atoms with Gasteiger partial charge in [0.2, 0.25) is 0 Å². The van der Waals surface area contributed by atoms with Gasteiger partial charge in [0, 0.05) is 5.69 Å². The topological polar surface area (TPSA) is 73.1 Å². The number of phenols is 1. The van der Waals surface area contributed by atoms with Gasteiger partial charge in [0.1, 0.15) is 5.75 Å². The van der Waals surface area contributed by atoms with Gasteiger partial charge in [-0.05, 0) is 41.1 Å². The molecule has 0 aliphatic heterocycles. The number of hydrogen-bond acceptors (Lipinski definition) is 3. The molecular weight excluding hydrogens is 276 g/mol. The second kappa shape index (κ2) is 5.58. The molecule has 0 bridgehead atoms. The number of hydrogen-bond donors (Lipinski definition) is 2. The molecule has 0 heterocycles. The first-order valence-electron chi connectivity index (χ1n) is 6.70. The van der Waals surface area contributed by atoms with E-state index < -0.39 is 5.91 Å². The summed E-state index contributed by atoms with van der Waals surface area (Å²) in [4.78, 5) is 12.3. The van der Waals surface area contributed by atoms with Crippen LogP contribution in [0.5, 0.6) is 5.75 Å². The molecule has 106 valence electrons. The van der Waals surface area contributed by atoms with Crippen LogP contribution in [0.2, 0.25) is 0 Å². The Hall–Kier alpha value is -3.32. The monoisotopic (exact) mass is 288 g/mol. The Balaban J connectivity index is 1.95. The largest absolute Gasteiger partial charge is 0.507 e. The number of nitrogens with zero attached hydrogens (tertiary/aromatic N) is 1. The molecule has 22 heavy (non-hydrogen) atoms. The molecule has 3 aromatic carbocycles. The molecule has 0 aliphatic rings. The Morgan fingerprint density at radius 3 is 2.45 bits per heavy atom. The molecule has 0 fully saturated rings. The molecule has 0 aliphatic carbocycles. The quantitative estimate of drug-likeness (QED) is 0.755. The van der Waals surface area contributed by atoms with Gasteiger partial charge in [-0.25, -0.2) is 0 Å². The molecule has 0 saturated carbocycles. The minimum atomic E-state index is -0.418. The van der Waals surface area contributed by atoms with Crippen molar-refractivity contribution in [2.75, 3.05) is 5.32 Å². The number of carbonyl (C=O) groups is 1. The van der Waals surface area contributed by atoms with Gasteiger partial charge in [-0.3, -0.25) is 4.79 Å². The van der Waals surface area contributed by atoms with E-state index in [4.69, 9.17) is 5.26 Å². The lowest BCUT2D eigenvalue weighted by Gasteiger charge is -2.08. The van der Waals surface area contributed by atoms with Crippen molar-refractivity contribution < 1.29 is 9.90 Å². The van der Waals surface area contributed by atoms with Crippen LogP contribution in [0, 0.1) is 11.3 Å². The predicted octanol–water partition coefficient (Wildman–Crippen LogP) is 3.67. The van der Waals surface area contributed by atoms with Crippen molar-refractivity contribution in [3.8, 4) is 11.8 Å². The average Bonchev–Trinajstić information content (AvgIpc) is 2.54. The standard InChI is InChI=1S/C18H12N2O2/c19-11-12-4-3-7-15(8-12)20-18(22)16-9-13-5-1-2-6-14(13)10-17(16)21/h1-10,21H,(H,20,22). The summed E-state index contributed by atoms with van der Waals surface area (Å²) in [6.07, 6.45) is 0. The summed E-state index contributed by atoms with van der Waals surface area (Å²) in [5, 5.41) is 23.3. The highest BCUT2D eigenvalue weighted by Crippen LogP contribution is 2.25. The van der Waals surface area contributed by atoms with Gasteiger partial charge in [0.15, 0.2) is 0 Å². The minimum absolute atomic E-state index is 0.0763. The van der Waals surface area contributed by atoms with E-state index in [0.29, 0.717) is 11.3 Å². The molecule has 4 nitrogen and oxygen atoms in total. The van der Waals surface area contributed by atoms with E-state index in [9.17, 15) is 9.90 Å². The molecule has 2 N–H and O–H groups in total.